The van der Waals surface area contributed by atoms with E-state index in [1.54, 1.807) is 7.11 Å². The number of nitrogens with one attached hydrogen (secondary N) is 1. The fourth-order valence-corrected chi connectivity index (χ4v) is 1.66. The molecular formula is C12H21N3O. The first kappa shape index (κ1) is 12.6. The van der Waals surface area contributed by atoms with Crippen molar-refractivity contribution in [2.75, 3.05) is 44.9 Å². The SMILES string of the molecule is CNCCCN(C)c1cccc(OC)c1N. The summed E-state index contributed by atoms with van der Waals surface area (Å²) in [6, 6.07) is 5.84. The Bertz CT molecular complexity index is 328. The molecule has 0 radical (unpaired) electrons. The fraction of sp³-hybridized carbons (Fsp3) is 0.500. The van der Waals surface area contributed by atoms with Crippen molar-refractivity contribution in [1.82, 2.24) is 5.32 Å². The molecule has 0 aliphatic carbocycles. The van der Waals surface area contributed by atoms with Gasteiger partial charge in [-0.2, -0.15) is 0 Å². The van der Waals surface area contributed by atoms with Crippen molar-refractivity contribution < 1.29 is 4.74 Å². The number of ether oxygens (including phenoxy) is 1. The highest BCUT2D eigenvalue weighted by Crippen LogP contribution is 2.31. The second kappa shape index (κ2) is 6.23. The molecule has 90 valence electrons. The third kappa shape index (κ3) is 3.03. The third-order valence-corrected chi connectivity index (χ3v) is 2.59. The van der Waals surface area contributed by atoms with Crippen molar-refractivity contribution >= 4 is 11.4 Å². The number of rotatable bonds is 6. The second-order valence-electron chi connectivity index (χ2n) is 3.77. The highest BCUT2D eigenvalue weighted by atomic mass is 16.5. The summed E-state index contributed by atoms with van der Waals surface area (Å²) in [5.74, 6) is 0.734. The molecule has 1 rings (SSSR count). The number of nitrogens with zero attached hydrogens (tertiary/aromatic N) is 1. The van der Waals surface area contributed by atoms with Crippen LogP contribution in [0, 0.1) is 0 Å². The van der Waals surface area contributed by atoms with Gasteiger partial charge in [-0.15, -0.1) is 0 Å². The van der Waals surface area contributed by atoms with Crippen LogP contribution in [0.4, 0.5) is 11.4 Å². The number of para-hydroxylation sites is 1. The molecule has 0 aliphatic rings. The smallest absolute Gasteiger partial charge is 0.143 e. The molecular weight excluding hydrogens is 202 g/mol. The number of anilines is 2. The van der Waals surface area contributed by atoms with Gasteiger partial charge in [0.25, 0.3) is 0 Å². The van der Waals surface area contributed by atoms with E-state index in [1.165, 1.54) is 0 Å². The van der Waals surface area contributed by atoms with Crippen molar-refractivity contribution in [1.29, 1.82) is 0 Å². The summed E-state index contributed by atoms with van der Waals surface area (Å²) in [5.41, 5.74) is 7.75. The van der Waals surface area contributed by atoms with Gasteiger partial charge < -0.3 is 20.7 Å². The Labute approximate surface area is 97.4 Å². The van der Waals surface area contributed by atoms with E-state index in [0.717, 1.165) is 30.9 Å². The molecule has 0 amide bonds. The van der Waals surface area contributed by atoms with Gasteiger partial charge in [-0.3, -0.25) is 0 Å². The lowest BCUT2D eigenvalue weighted by atomic mass is 10.2. The molecule has 0 saturated heterocycles. The molecule has 0 heterocycles. The molecule has 1 aromatic carbocycles. The number of hydrogen-bond acceptors (Lipinski definition) is 4. The van der Waals surface area contributed by atoms with Gasteiger partial charge in [0.05, 0.1) is 18.5 Å². The van der Waals surface area contributed by atoms with Crippen LogP contribution in [0.15, 0.2) is 18.2 Å². The van der Waals surface area contributed by atoms with E-state index in [4.69, 9.17) is 10.5 Å². The summed E-state index contributed by atoms with van der Waals surface area (Å²) in [4.78, 5) is 2.15. The Morgan fingerprint density at radius 3 is 2.81 bits per heavy atom. The molecule has 0 atom stereocenters. The molecule has 0 spiro atoms. The highest BCUT2D eigenvalue weighted by molar-refractivity contribution is 5.73. The molecule has 0 bridgehead atoms. The first-order chi connectivity index (χ1) is 7.70. The number of nitrogen functional groups attached to an aromatic ring is 1. The molecule has 4 heteroatoms. The van der Waals surface area contributed by atoms with E-state index >= 15 is 0 Å². The second-order valence-corrected chi connectivity index (χ2v) is 3.77. The average Bonchev–Trinajstić information content (AvgIpc) is 2.29. The first-order valence-corrected chi connectivity index (χ1v) is 5.49. The lowest BCUT2D eigenvalue weighted by Crippen LogP contribution is -2.23. The van der Waals surface area contributed by atoms with Crippen molar-refractivity contribution in [2.45, 2.75) is 6.42 Å². The number of methoxy groups -OCH3 is 1. The van der Waals surface area contributed by atoms with Gasteiger partial charge in [0, 0.05) is 13.6 Å². The van der Waals surface area contributed by atoms with Gasteiger partial charge in [-0.25, -0.2) is 0 Å². The summed E-state index contributed by atoms with van der Waals surface area (Å²) in [7, 11) is 5.64. The van der Waals surface area contributed by atoms with Crippen molar-refractivity contribution in [2.24, 2.45) is 0 Å². The minimum Gasteiger partial charge on any atom is -0.495 e. The summed E-state index contributed by atoms with van der Waals surface area (Å²) in [6.45, 7) is 1.98. The van der Waals surface area contributed by atoms with Crippen LogP contribution in [0.1, 0.15) is 6.42 Å². The molecule has 0 aliphatic heterocycles. The summed E-state index contributed by atoms with van der Waals surface area (Å²) in [6.07, 6.45) is 1.09. The van der Waals surface area contributed by atoms with E-state index in [0.29, 0.717) is 5.69 Å². The van der Waals surface area contributed by atoms with Crippen LogP contribution >= 0.6 is 0 Å². The Morgan fingerprint density at radius 2 is 2.19 bits per heavy atom. The lowest BCUT2D eigenvalue weighted by molar-refractivity contribution is 0.417. The van der Waals surface area contributed by atoms with Gasteiger partial charge >= 0.3 is 0 Å². The zero-order chi connectivity index (χ0) is 12.0. The van der Waals surface area contributed by atoms with Crippen LogP contribution in [0.5, 0.6) is 5.75 Å². The summed E-state index contributed by atoms with van der Waals surface area (Å²) < 4.78 is 5.20. The maximum absolute atomic E-state index is 6.02. The van der Waals surface area contributed by atoms with Gasteiger partial charge in [0.1, 0.15) is 5.75 Å². The maximum atomic E-state index is 6.02. The van der Waals surface area contributed by atoms with E-state index in [9.17, 15) is 0 Å². The predicted molar refractivity (Wildman–Crippen MR) is 69.2 cm³/mol. The van der Waals surface area contributed by atoms with Crippen LogP contribution in [0.2, 0.25) is 0 Å². The number of benzene rings is 1. The van der Waals surface area contributed by atoms with E-state index < -0.39 is 0 Å². The van der Waals surface area contributed by atoms with Crippen molar-refractivity contribution in [3.8, 4) is 5.75 Å². The molecule has 3 N–H and O–H groups in total. The van der Waals surface area contributed by atoms with E-state index in [-0.39, 0.29) is 0 Å². The standard InChI is InChI=1S/C12H21N3O/c1-14-8-5-9-15(2)10-6-4-7-11(16-3)12(10)13/h4,6-7,14H,5,8-9,13H2,1-3H3. The fourth-order valence-electron chi connectivity index (χ4n) is 1.66. The van der Waals surface area contributed by atoms with Crippen LogP contribution in [-0.2, 0) is 0 Å². The molecule has 1 aromatic rings. The van der Waals surface area contributed by atoms with Crippen molar-refractivity contribution in [3.05, 3.63) is 18.2 Å². The van der Waals surface area contributed by atoms with Crippen LogP contribution in [-0.4, -0.2) is 34.3 Å². The minimum absolute atomic E-state index is 0.706. The van der Waals surface area contributed by atoms with Gasteiger partial charge in [-0.05, 0) is 32.1 Å². The Morgan fingerprint density at radius 1 is 1.44 bits per heavy atom. The highest BCUT2D eigenvalue weighted by Gasteiger charge is 2.08. The van der Waals surface area contributed by atoms with E-state index in [1.807, 2.05) is 32.3 Å². The Hall–Kier alpha value is -1.42. The lowest BCUT2D eigenvalue weighted by Gasteiger charge is -2.22. The molecule has 0 unspecified atom stereocenters. The minimum atomic E-state index is 0.706. The van der Waals surface area contributed by atoms with Crippen LogP contribution < -0.4 is 20.7 Å². The molecule has 0 fully saturated rings. The topological polar surface area (TPSA) is 50.5 Å². The summed E-state index contributed by atoms with van der Waals surface area (Å²) in [5, 5.41) is 3.13. The van der Waals surface area contributed by atoms with Gasteiger partial charge in [0.15, 0.2) is 0 Å². The largest absolute Gasteiger partial charge is 0.495 e. The van der Waals surface area contributed by atoms with Crippen LogP contribution in [0.25, 0.3) is 0 Å². The third-order valence-electron chi connectivity index (χ3n) is 2.59. The Kier molecular flexibility index (Phi) is 4.92. The molecule has 4 nitrogen and oxygen atoms in total. The maximum Gasteiger partial charge on any atom is 0.143 e. The zero-order valence-corrected chi connectivity index (χ0v) is 10.3. The summed E-state index contributed by atoms with van der Waals surface area (Å²) >= 11 is 0. The normalized spacial score (nSPS) is 10.2. The quantitative estimate of drug-likeness (QED) is 0.564. The van der Waals surface area contributed by atoms with Crippen LogP contribution in [0.3, 0.4) is 0 Å². The number of hydrogen-bond donors (Lipinski definition) is 2. The van der Waals surface area contributed by atoms with Gasteiger partial charge in [0.2, 0.25) is 0 Å². The average molecular weight is 223 g/mol. The van der Waals surface area contributed by atoms with Gasteiger partial charge in [-0.1, -0.05) is 6.07 Å². The first-order valence-electron chi connectivity index (χ1n) is 5.49. The zero-order valence-electron chi connectivity index (χ0n) is 10.3. The molecule has 0 saturated carbocycles. The predicted octanol–water partition coefficient (Wildman–Crippen LogP) is 1.32. The monoisotopic (exact) mass is 223 g/mol. The number of nitrogens with two attached hydrogens (primary N) is 1. The van der Waals surface area contributed by atoms with E-state index in [2.05, 4.69) is 10.2 Å². The Balaban J connectivity index is 2.71. The van der Waals surface area contributed by atoms with Crippen molar-refractivity contribution in [3.63, 3.8) is 0 Å². The molecule has 0 aromatic heterocycles. The molecule has 16 heavy (non-hydrogen) atoms.